The summed E-state index contributed by atoms with van der Waals surface area (Å²) >= 11 is 4.24. The van der Waals surface area contributed by atoms with Crippen molar-refractivity contribution >= 4 is 90.1 Å². The van der Waals surface area contributed by atoms with E-state index in [9.17, 15) is 111 Å². The van der Waals surface area contributed by atoms with Gasteiger partial charge in [0.05, 0.1) is 62.4 Å². The molecular formula is C101H145F4I3N6O28. The summed E-state index contributed by atoms with van der Waals surface area (Å²) in [5.74, 6) is -7.82. The van der Waals surface area contributed by atoms with Crippen molar-refractivity contribution in [2.75, 3.05) is 46.2 Å². The van der Waals surface area contributed by atoms with Crippen molar-refractivity contribution in [1.29, 1.82) is 0 Å². The zero-order valence-corrected chi connectivity index (χ0v) is 89.8. The van der Waals surface area contributed by atoms with E-state index in [2.05, 4.69) is 42.5 Å². The number of nitrogens with one attached hydrogen (secondary N) is 1. The average Bonchev–Trinajstić information content (AvgIpc) is 1.74. The summed E-state index contributed by atoms with van der Waals surface area (Å²) in [4.78, 5) is 112. The van der Waals surface area contributed by atoms with Gasteiger partial charge in [-0.1, -0.05) is 109 Å². The number of alkyl halides is 4. The number of allylic oxidation sites excluding steroid dienone is 16. The Balaban J connectivity index is 0.000000159. The Hall–Kier alpha value is -4.90. The molecule has 0 aromatic rings. The van der Waals surface area contributed by atoms with Crippen LogP contribution in [0.2, 0.25) is 0 Å². The average molecular weight is 2350 g/mol. The molecule has 12 saturated carbocycles. The molecule has 0 bridgehead atoms. The van der Waals surface area contributed by atoms with Crippen molar-refractivity contribution in [1.82, 2.24) is 15.4 Å². The highest BCUT2D eigenvalue weighted by atomic mass is 128. The molecule has 0 radical (unpaired) electrons. The Labute approximate surface area is 865 Å². The number of aliphatic hydroxyl groups is 9. The van der Waals surface area contributed by atoms with E-state index >= 15 is 17.6 Å². The number of nitrogens with zero attached hydrogens (tertiary/aromatic N) is 5. The van der Waals surface area contributed by atoms with Gasteiger partial charge in [0.1, 0.15) is 36.1 Å². The van der Waals surface area contributed by atoms with Crippen molar-refractivity contribution in [2.45, 2.75) is 338 Å². The van der Waals surface area contributed by atoms with Gasteiger partial charge in [-0.3, -0.25) is 29.3 Å². The van der Waals surface area contributed by atoms with Crippen LogP contribution in [0.25, 0.3) is 0 Å². The van der Waals surface area contributed by atoms with E-state index in [1.165, 1.54) is 61.6 Å². The van der Waals surface area contributed by atoms with E-state index in [0.717, 1.165) is 10.6 Å². The highest BCUT2D eigenvalue weighted by Crippen LogP contribution is 2.79. The molecule has 796 valence electrons. The van der Waals surface area contributed by atoms with Gasteiger partial charge < -0.3 is 85.1 Å². The highest BCUT2D eigenvalue weighted by Gasteiger charge is 2.87. The van der Waals surface area contributed by atoms with Crippen molar-refractivity contribution < 1.29 is 142 Å². The lowest BCUT2D eigenvalue weighted by atomic mass is 9.44. The van der Waals surface area contributed by atoms with Crippen molar-refractivity contribution in [2.24, 2.45) is 114 Å². The van der Waals surface area contributed by atoms with Crippen LogP contribution >= 0.6 is 61.2 Å². The summed E-state index contributed by atoms with van der Waals surface area (Å²) in [5.41, 5.74) is -30.5. The summed E-state index contributed by atoms with van der Waals surface area (Å²) in [6.45, 7) is 28.9. The van der Waals surface area contributed by atoms with Crippen LogP contribution in [0.1, 0.15) is 235 Å². The minimum Gasteiger partial charge on any atom is -0.392 e. The Morgan fingerprint density at radius 3 is 1.16 bits per heavy atom. The van der Waals surface area contributed by atoms with Crippen LogP contribution in [0.4, 0.5) is 17.6 Å². The summed E-state index contributed by atoms with van der Waals surface area (Å²) in [6, 6.07) is 0. The van der Waals surface area contributed by atoms with Crippen LogP contribution < -0.4 is 5.32 Å². The van der Waals surface area contributed by atoms with Crippen molar-refractivity contribution in [3.05, 3.63) is 126 Å². The maximum Gasteiger partial charge on any atom is 0.295 e. The van der Waals surface area contributed by atoms with Gasteiger partial charge in [0.25, 0.3) is 15.3 Å². The molecule has 142 heavy (non-hydrogen) atoms. The standard InChI is InChI=1S/C26H35FN4O12.C26H38FNO6.C26H38FNO5.C22H29FO5.CH4.I2.HI/c1-15-10-19-18-7-6-16-11-17(32)8-9-22(16,4)25(18,27)20(42-30(36)37)12-23(19,5)26(15,43-31(38)39)24(14-41-29(34)35)28(33)21(2,3)13-40-24;1-15-10-19-18-7-6-16-11-17(30)8-9-22(16,4)25(18,27)20(31)12-23(19,5)26(15,32)24(13-29)28(33)21(2,3)14-34-24;1-15-10-19-18-7-6-16-11-17(30)8-9-22(16,4)25(18,27)20(31)12-23(19,5)26(15,32)24(13-29)28-21(2,3)14-33-24;1-12-8-16-15-5-4-13-9-14(25)6-7-19(13,2)21(15,23)17(26)10-20(16,3)22(12,28)18(27)11-24;;1-2;/h8-9,11,15,18-20,33H,6-7,10,12-14H2,1-5H3;8-9,11,15,18-20,29,31-33H,6-7,10,12-14H2,1-5H3;8-9,11,15,18-20,28-29,31-32H,6-7,10,12-14H2,1-5H3;6-7,9,12,15-17,24,26,28H,4-5,8,10-11H2,1-3H3;1H4;;1H/t3*15-,18?,19?,20+,22+,23+,24?,25+,26-;12-,15?,16?,17+,19+,20+,21+,22+;;;/m1111.../s1. The molecule has 0 aromatic heterocycles. The lowest BCUT2D eigenvalue weighted by Crippen LogP contribution is -2.77. The molecule has 35 atom stereocenters. The van der Waals surface area contributed by atoms with E-state index in [0.29, 0.717) is 86.2 Å². The fourth-order valence-corrected chi connectivity index (χ4v) is 34.2. The summed E-state index contributed by atoms with van der Waals surface area (Å²) < 4.78 is 87.8. The monoisotopic (exact) mass is 2350 g/mol. The van der Waals surface area contributed by atoms with Crippen molar-refractivity contribution in [3.63, 3.8) is 0 Å². The number of fused-ring (bicyclic) bond motifs is 20. The van der Waals surface area contributed by atoms with Crippen LogP contribution in [0.5, 0.6) is 0 Å². The van der Waals surface area contributed by atoms with Gasteiger partial charge in [0.15, 0.2) is 74.4 Å². The number of hydroxylamine groups is 4. The van der Waals surface area contributed by atoms with Crippen LogP contribution in [0.15, 0.2) is 95.2 Å². The van der Waals surface area contributed by atoms with Gasteiger partial charge in [-0.05, 0) is 268 Å². The minimum absolute atomic E-state index is 0. The van der Waals surface area contributed by atoms with Gasteiger partial charge in [0.2, 0.25) is 0 Å². The van der Waals surface area contributed by atoms with Gasteiger partial charge in [0, 0.05) is 110 Å². The number of Topliss-reactive ketones (excluding diaryl/α,β-unsaturated/α-hetero) is 1. The molecule has 3 aliphatic heterocycles. The number of hydrogen-bond donors (Lipinski definition) is 12. The van der Waals surface area contributed by atoms with Crippen LogP contribution in [0, 0.1) is 145 Å². The molecule has 34 nitrogen and oxygen atoms in total. The number of ether oxygens (including phenoxy) is 3. The number of hydrogen-bond acceptors (Lipinski definition) is 31. The molecule has 19 rings (SSSR count). The number of carbonyl (C=O) groups excluding carboxylic acids is 5. The molecule has 0 amide bonds. The number of ketones is 5. The van der Waals surface area contributed by atoms with Gasteiger partial charge in [-0.2, -0.15) is 0 Å². The second-order valence-corrected chi connectivity index (χ2v) is 48.2. The first-order valence-corrected chi connectivity index (χ1v) is 55.3. The number of carbonyl (C=O) groups is 5. The third-order valence-electron chi connectivity index (χ3n) is 40.8. The SMILES string of the molecule is C.C[C@@H]1CC2C3CCC4=CC(=O)C=C[C@]4(C)[C@@]3(F)[C@@H](O)C[C@]2(C)[C@@]1(O)C(=O)CO.C[C@@H]1CC2C3CCC4=CC(=O)C=C[C@]4(C)[C@@]3(F)[C@@H](O)C[C@]2(C)[C@@]1(O)C1(CO)NC(C)(C)CO1.C[C@@H]1CC2C3CCC4=CC(=O)C=C[C@]4(C)[C@@]3(F)[C@@H](O)C[C@]2(C)[C@@]1(O)C1(CO)OCC(C)(C)N1O.C[C@@H]1CC2C3CCC4=CC(=O)C=C[C@]4(C)[C@@]3(F)[C@@H](O[N+](=O)[O-])C[C@]2(C)[C@@]1(O[N+](=O)[O-])C1(CO[N+](=O)[O-])OCC(C)(C)N1O.I.II. The normalized spacial score (nSPS) is 49.8. The van der Waals surface area contributed by atoms with Crippen molar-refractivity contribution in [3.8, 4) is 0 Å². The zero-order chi connectivity index (χ0) is 104. The lowest BCUT2D eigenvalue weighted by Gasteiger charge is -2.65. The molecule has 3 heterocycles. The highest BCUT2D eigenvalue weighted by molar-refractivity contribution is 15.0. The molecule has 41 heteroatoms. The zero-order valence-electron chi connectivity index (χ0n) is 83.2. The molecule has 11 unspecified atom stereocenters. The fourth-order valence-electron chi connectivity index (χ4n) is 34.2. The number of aliphatic hydroxyl groups excluding tert-OH is 6. The molecule has 19 aliphatic rings. The largest absolute Gasteiger partial charge is 0.392 e. The van der Waals surface area contributed by atoms with Gasteiger partial charge in [-0.15, -0.1) is 64.4 Å². The molecule has 15 fully saturated rings. The first kappa shape index (κ1) is 114. The summed E-state index contributed by atoms with van der Waals surface area (Å²) in [6.07, 6.45) is 15.9. The summed E-state index contributed by atoms with van der Waals surface area (Å²) in [5, 5.41) is 161. The second-order valence-electron chi connectivity index (χ2n) is 48.2. The van der Waals surface area contributed by atoms with Crippen LogP contribution in [-0.4, -0.2) is 260 Å². The molecule has 0 aromatic carbocycles. The molecule has 16 aliphatic carbocycles. The summed E-state index contributed by atoms with van der Waals surface area (Å²) in [7, 11) is 0. The van der Waals surface area contributed by atoms with Gasteiger partial charge in [-0.25, -0.2) is 17.6 Å². The molecule has 12 N–H and O–H groups in total. The topological polar surface area (TPSA) is 511 Å². The lowest BCUT2D eigenvalue weighted by molar-refractivity contribution is -0.804. The van der Waals surface area contributed by atoms with Crippen LogP contribution in [-0.2, 0) is 52.7 Å². The maximum absolute atomic E-state index is 18.1. The third kappa shape index (κ3) is 14.7. The Bertz CT molecular complexity index is 5340. The fraction of sp³-hybridized carbons (Fsp3) is 0.792. The quantitative estimate of drug-likeness (QED) is 0.0333. The predicted octanol–water partition coefficient (Wildman–Crippen LogP) is 13.0. The molecule has 3 saturated heterocycles. The molecule has 0 spiro atoms. The maximum atomic E-state index is 18.1. The number of rotatable bonds is 14. The van der Waals surface area contributed by atoms with Gasteiger partial charge >= 0.3 is 0 Å². The number of halogens is 7. The van der Waals surface area contributed by atoms with Crippen LogP contribution in [0.3, 0.4) is 0 Å². The predicted molar refractivity (Wildman–Crippen MR) is 531 cm³/mol. The Morgan fingerprint density at radius 1 is 0.472 bits per heavy atom. The Kier molecular flexibility index (Phi) is 29.8. The Morgan fingerprint density at radius 2 is 0.817 bits per heavy atom. The first-order chi connectivity index (χ1) is 64.6. The molecular weight excluding hydrogens is 2200 g/mol. The van der Waals surface area contributed by atoms with E-state index < -0.39 is 248 Å². The van der Waals surface area contributed by atoms with E-state index in [1.54, 1.807) is 94.4 Å². The smallest absolute Gasteiger partial charge is 0.295 e. The van der Waals surface area contributed by atoms with E-state index in [4.69, 9.17) is 28.7 Å². The van der Waals surface area contributed by atoms with E-state index in [1.807, 2.05) is 41.5 Å². The third-order valence-corrected chi connectivity index (χ3v) is 40.8. The van der Waals surface area contributed by atoms with E-state index in [-0.39, 0.29) is 130 Å². The second kappa shape index (κ2) is 37.0. The minimum atomic E-state index is -2.45. The first-order valence-electron chi connectivity index (χ1n) is 49.0.